The van der Waals surface area contributed by atoms with Gasteiger partial charge in [0.1, 0.15) is 6.54 Å². The van der Waals surface area contributed by atoms with Crippen molar-refractivity contribution in [3.8, 4) is 0 Å². The number of alkyl halides is 2. The highest BCUT2D eigenvalue weighted by atomic mass is 32.2. The SMILES string of the molecule is CC(Cn1cccn1)NC(=O)Cn1c(SC(F)F)nc2ccccc21. The first-order valence-corrected chi connectivity index (χ1v) is 8.58. The van der Waals surface area contributed by atoms with E-state index in [1.807, 2.05) is 13.1 Å². The van der Waals surface area contributed by atoms with Crippen molar-refractivity contribution in [2.24, 2.45) is 0 Å². The van der Waals surface area contributed by atoms with E-state index in [9.17, 15) is 13.6 Å². The molecule has 0 aliphatic carbocycles. The number of thioether (sulfide) groups is 1. The van der Waals surface area contributed by atoms with E-state index in [0.29, 0.717) is 29.3 Å². The van der Waals surface area contributed by atoms with Crippen LogP contribution in [0.3, 0.4) is 0 Å². The molecular formula is C16H17F2N5OS. The number of hydrogen-bond donors (Lipinski definition) is 1. The number of amides is 1. The van der Waals surface area contributed by atoms with E-state index < -0.39 is 5.76 Å². The third-order valence-corrected chi connectivity index (χ3v) is 4.24. The molecule has 132 valence electrons. The molecule has 0 fully saturated rings. The molecule has 3 aromatic rings. The molecular weight excluding hydrogens is 348 g/mol. The summed E-state index contributed by atoms with van der Waals surface area (Å²) in [6, 6.07) is 8.73. The number of hydrogen-bond acceptors (Lipinski definition) is 4. The molecule has 6 nitrogen and oxygen atoms in total. The van der Waals surface area contributed by atoms with E-state index in [1.165, 1.54) is 4.57 Å². The zero-order valence-corrected chi connectivity index (χ0v) is 14.3. The predicted molar refractivity (Wildman–Crippen MR) is 91.4 cm³/mol. The largest absolute Gasteiger partial charge is 0.350 e. The van der Waals surface area contributed by atoms with Crippen LogP contribution in [0.4, 0.5) is 8.78 Å². The topological polar surface area (TPSA) is 64.7 Å². The van der Waals surface area contributed by atoms with Gasteiger partial charge in [-0.2, -0.15) is 13.9 Å². The second-order valence-electron chi connectivity index (χ2n) is 5.54. The fourth-order valence-corrected chi connectivity index (χ4v) is 3.18. The Balaban J connectivity index is 1.73. The van der Waals surface area contributed by atoms with E-state index in [-0.39, 0.29) is 23.7 Å². The molecule has 0 saturated carbocycles. The van der Waals surface area contributed by atoms with E-state index >= 15 is 0 Å². The van der Waals surface area contributed by atoms with Crippen molar-refractivity contribution in [1.29, 1.82) is 0 Å². The van der Waals surface area contributed by atoms with Crippen LogP contribution in [-0.4, -0.2) is 37.0 Å². The van der Waals surface area contributed by atoms with Crippen LogP contribution in [-0.2, 0) is 17.9 Å². The molecule has 25 heavy (non-hydrogen) atoms. The molecule has 1 amide bonds. The van der Waals surface area contributed by atoms with Gasteiger partial charge in [-0.05, 0) is 36.9 Å². The summed E-state index contributed by atoms with van der Waals surface area (Å²) < 4.78 is 28.8. The van der Waals surface area contributed by atoms with Crippen molar-refractivity contribution in [1.82, 2.24) is 24.6 Å². The van der Waals surface area contributed by atoms with Crippen LogP contribution in [0.15, 0.2) is 47.9 Å². The molecule has 9 heteroatoms. The van der Waals surface area contributed by atoms with Crippen LogP contribution >= 0.6 is 11.8 Å². The van der Waals surface area contributed by atoms with Gasteiger partial charge < -0.3 is 9.88 Å². The zero-order chi connectivity index (χ0) is 17.8. The van der Waals surface area contributed by atoms with Gasteiger partial charge >= 0.3 is 0 Å². The third-order valence-electron chi connectivity index (χ3n) is 3.54. The average Bonchev–Trinajstić information content (AvgIpc) is 3.15. The number of carbonyl (C=O) groups excluding carboxylic acids is 1. The summed E-state index contributed by atoms with van der Waals surface area (Å²) in [5, 5.41) is 7.08. The zero-order valence-electron chi connectivity index (χ0n) is 13.5. The van der Waals surface area contributed by atoms with Crippen molar-refractivity contribution < 1.29 is 13.6 Å². The van der Waals surface area contributed by atoms with Crippen LogP contribution < -0.4 is 5.32 Å². The summed E-state index contributed by atoms with van der Waals surface area (Å²) in [4.78, 5) is 16.5. The maximum atomic E-state index is 12.8. The average molecular weight is 365 g/mol. The van der Waals surface area contributed by atoms with E-state index in [0.717, 1.165) is 0 Å². The Morgan fingerprint density at radius 3 is 2.84 bits per heavy atom. The number of aromatic nitrogens is 4. The van der Waals surface area contributed by atoms with E-state index in [4.69, 9.17) is 0 Å². The number of rotatable bonds is 7. The van der Waals surface area contributed by atoms with Gasteiger partial charge in [-0.25, -0.2) is 4.98 Å². The number of nitrogens with one attached hydrogen (secondary N) is 1. The molecule has 0 bridgehead atoms. The van der Waals surface area contributed by atoms with Crippen LogP contribution in [0, 0.1) is 0 Å². The lowest BCUT2D eigenvalue weighted by Gasteiger charge is -2.15. The highest BCUT2D eigenvalue weighted by Crippen LogP contribution is 2.28. The first-order valence-electron chi connectivity index (χ1n) is 7.70. The lowest BCUT2D eigenvalue weighted by atomic mass is 10.3. The second kappa shape index (κ2) is 7.64. The third kappa shape index (κ3) is 4.36. The van der Waals surface area contributed by atoms with Crippen LogP contribution in [0.25, 0.3) is 11.0 Å². The minimum atomic E-state index is -2.60. The van der Waals surface area contributed by atoms with Crippen molar-refractivity contribution in [2.75, 3.05) is 0 Å². The molecule has 0 spiro atoms. The van der Waals surface area contributed by atoms with Crippen molar-refractivity contribution in [3.63, 3.8) is 0 Å². The van der Waals surface area contributed by atoms with Gasteiger partial charge in [-0.15, -0.1) is 0 Å². The smallest absolute Gasteiger partial charge is 0.291 e. The quantitative estimate of drug-likeness (QED) is 0.654. The molecule has 3 rings (SSSR count). The van der Waals surface area contributed by atoms with Crippen molar-refractivity contribution in [2.45, 2.75) is 37.0 Å². The summed E-state index contributed by atoms with van der Waals surface area (Å²) in [5.74, 6) is -2.86. The van der Waals surface area contributed by atoms with Crippen LogP contribution in [0.1, 0.15) is 6.92 Å². The van der Waals surface area contributed by atoms with Gasteiger partial charge in [0, 0.05) is 18.4 Å². The standard InChI is InChI=1S/C16H17F2N5OS/c1-11(9-22-8-4-7-19-22)20-14(24)10-23-13-6-3-2-5-12(13)21-16(23)25-15(17)18/h2-8,11,15H,9-10H2,1H3,(H,20,24). The Hall–Kier alpha value is -2.42. The fraction of sp³-hybridized carbons (Fsp3) is 0.312. The molecule has 1 N–H and O–H groups in total. The number of nitrogens with zero attached hydrogens (tertiary/aromatic N) is 4. The number of carbonyl (C=O) groups is 1. The molecule has 2 heterocycles. The van der Waals surface area contributed by atoms with Gasteiger partial charge in [-0.3, -0.25) is 9.48 Å². The summed E-state index contributed by atoms with van der Waals surface area (Å²) in [7, 11) is 0. The lowest BCUT2D eigenvalue weighted by molar-refractivity contribution is -0.122. The van der Waals surface area contributed by atoms with Gasteiger partial charge in [0.2, 0.25) is 5.91 Å². The molecule has 2 aromatic heterocycles. The van der Waals surface area contributed by atoms with Gasteiger partial charge in [0.25, 0.3) is 5.76 Å². The molecule has 1 atom stereocenters. The van der Waals surface area contributed by atoms with E-state index in [1.54, 1.807) is 41.2 Å². The summed E-state index contributed by atoms with van der Waals surface area (Å²) in [6.07, 6.45) is 3.48. The van der Waals surface area contributed by atoms with Crippen molar-refractivity contribution in [3.05, 3.63) is 42.7 Å². The normalized spacial score (nSPS) is 12.6. The van der Waals surface area contributed by atoms with Gasteiger partial charge in [0.05, 0.1) is 17.6 Å². The number of imidazole rings is 1. The van der Waals surface area contributed by atoms with Gasteiger partial charge in [0.15, 0.2) is 5.16 Å². The van der Waals surface area contributed by atoms with Crippen LogP contribution in [0.2, 0.25) is 0 Å². The summed E-state index contributed by atoms with van der Waals surface area (Å²) >= 11 is 0.340. The Bertz CT molecular complexity index is 849. The minimum absolute atomic E-state index is 0.0704. The number of fused-ring (bicyclic) bond motifs is 1. The van der Waals surface area contributed by atoms with Gasteiger partial charge in [-0.1, -0.05) is 12.1 Å². The molecule has 0 aliphatic heterocycles. The first-order chi connectivity index (χ1) is 12.0. The second-order valence-corrected chi connectivity index (χ2v) is 6.50. The Labute approximate surface area is 147 Å². The highest BCUT2D eigenvalue weighted by Gasteiger charge is 2.18. The predicted octanol–water partition coefficient (Wildman–Crippen LogP) is 2.75. The Morgan fingerprint density at radius 1 is 1.32 bits per heavy atom. The minimum Gasteiger partial charge on any atom is -0.350 e. The summed E-state index contributed by atoms with van der Waals surface area (Å²) in [6.45, 7) is 2.32. The number of benzene rings is 1. The maximum Gasteiger partial charge on any atom is 0.291 e. The molecule has 0 saturated heterocycles. The lowest BCUT2D eigenvalue weighted by Crippen LogP contribution is -2.37. The molecule has 1 unspecified atom stereocenters. The molecule has 0 aliphatic rings. The fourth-order valence-electron chi connectivity index (χ4n) is 2.57. The highest BCUT2D eigenvalue weighted by molar-refractivity contribution is 7.99. The monoisotopic (exact) mass is 365 g/mol. The van der Waals surface area contributed by atoms with E-state index in [2.05, 4.69) is 15.4 Å². The first kappa shape index (κ1) is 17.4. The number of para-hydroxylation sites is 2. The molecule has 1 aromatic carbocycles. The Morgan fingerprint density at radius 2 is 2.12 bits per heavy atom. The number of halogens is 2. The Kier molecular flexibility index (Phi) is 5.32. The molecule has 0 radical (unpaired) electrons. The maximum absolute atomic E-state index is 12.8. The van der Waals surface area contributed by atoms with Crippen LogP contribution in [0.5, 0.6) is 0 Å². The summed E-state index contributed by atoms with van der Waals surface area (Å²) in [5.41, 5.74) is 1.24. The van der Waals surface area contributed by atoms with Crippen molar-refractivity contribution >= 4 is 28.7 Å².